The van der Waals surface area contributed by atoms with Gasteiger partial charge in [-0.3, -0.25) is 13.9 Å². The molecule has 3 aromatic carbocycles. The largest absolute Gasteiger partial charge is 0.495 e. The van der Waals surface area contributed by atoms with Crippen molar-refractivity contribution in [3.05, 3.63) is 89.7 Å². The van der Waals surface area contributed by atoms with E-state index in [9.17, 15) is 22.4 Å². The van der Waals surface area contributed by atoms with Gasteiger partial charge in [0.2, 0.25) is 11.8 Å². The molecule has 1 N–H and O–H groups in total. The molecule has 1 atom stereocenters. The van der Waals surface area contributed by atoms with Crippen LogP contribution >= 0.6 is 0 Å². The molecule has 0 fully saturated rings. The normalized spacial score (nSPS) is 11.9. The predicted octanol–water partition coefficient (Wildman–Crippen LogP) is 4.67. The van der Waals surface area contributed by atoms with Crippen molar-refractivity contribution >= 4 is 27.5 Å². The third-order valence-electron chi connectivity index (χ3n) is 6.41. The van der Waals surface area contributed by atoms with Gasteiger partial charge in [0.15, 0.2) is 0 Å². The molecule has 0 aromatic heterocycles. The van der Waals surface area contributed by atoms with Crippen LogP contribution in [0.25, 0.3) is 0 Å². The van der Waals surface area contributed by atoms with Crippen LogP contribution in [0.5, 0.6) is 5.75 Å². The summed E-state index contributed by atoms with van der Waals surface area (Å²) in [6.45, 7) is 5.34. The molecule has 0 unspecified atom stereocenters. The summed E-state index contributed by atoms with van der Waals surface area (Å²) in [5.41, 5.74) is 1.57. The number of ether oxygens (including phenoxy) is 1. The summed E-state index contributed by atoms with van der Waals surface area (Å²) in [6, 6.07) is 17.6. The first kappa shape index (κ1) is 30.6. The molecule has 0 aliphatic heterocycles. The number of hydrogen-bond acceptors (Lipinski definition) is 5. The quantitative estimate of drug-likeness (QED) is 0.323. The number of anilines is 1. The Kier molecular flexibility index (Phi) is 10.7. The Morgan fingerprint density at radius 3 is 2.27 bits per heavy atom. The molecule has 10 heteroatoms. The van der Waals surface area contributed by atoms with Gasteiger partial charge in [-0.25, -0.2) is 12.8 Å². The minimum atomic E-state index is -4.22. The van der Waals surface area contributed by atoms with Crippen molar-refractivity contribution in [3.63, 3.8) is 0 Å². The van der Waals surface area contributed by atoms with Crippen molar-refractivity contribution in [1.82, 2.24) is 10.2 Å². The third-order valence-corrected chi connectivity index (χ3v) is 8.19. The lowest BCUT2D eigenvalue weighted by Crippen LogP contribution is -2.52. The Labute approximate surface area is 235 Å². The number of benzene rings is 3. The number of amides is 2. The lowest BCUT2D eigenvalue weighted by atomic mass is 10.1. The van der Waals surface area contributed by atoms with Gasteiger partial charge in [0.25, 0.3) is 10.0 Å². The zero-order chi connectivity index (χ0) is 29.3. The van der Waals surface area contributed by atoms with Crippen LogP contribution in [-0.2, 0) is 26.2 Å². The lowest BCUT2D eigenvalue weighted by molar-refractivity contribution is -0.140. The molecule has 8 nitrogen and oxygen atoms in total. The molecule has 3 aromatic rings. The molecule has 0 aliphatic carbocycles. The van der Waals surface area contributed by atoms with Gasteiger partial charge >= 0.3 is 0 Å². The zero-order valence-corrected chi connectivity index (χ0v) is 24.1. The molecule has 0 saturated heterocycles. The summed E-state index contributed by atoms with van der Waals surface area (Å²) in [5.74, 6) is -1.09. The second-order valence-electron chi connectivity index (χ2n) is 9.36. The number of aryl methyl sites for hydroxylation is 1. The van der Waals surface area contributed by atoms with Crippen LogP contribution in [0.2, 0.25) is 0 Å². The zero-order valence-electron chi connectivity index (χ0n) is 23.3. The summed E-state index contributed by atoms with van der Waals surface area (Å²) >= 11 is 0. The number of sulfonamides is 1. The standard InChI is InChI=1S/C30H36FN3O5S/c1-5-18-32-30(36)26(6-2)33(20-23-13-15-24(31)16-14-23)29(35)21-34(27-19-22(3)12-17-28(27)39-4)40(37,38)25-10-8-7-9-11-25/h7-17,19,26H,5-6,18,20-21H2,1-4H3,(H,32,36)/t26-/m1/s1. The maximum atomic E-state index is 14.1. The molecule has 0 saturated carbocycles. The number of carbonyl (C=O) groups is 2. The first-order valence-electron chi connectivity index (χ1n) is 13.2. The topological polar surface area (TPSA) is 96.0 Å². The van der Waals surface area contributed by atoms with Gasteiger partial charge in [0.05, 0.1) is 17.7 Å². The van der Waals surface area contributed by atoms with Crippen molar-refractivity contribution < 1.29 is 27.1 Å². The highest BCUT2D eigenvalue weighted by atomic mass is 32.2. The summed E-state index contributed by atoms with van der Waals surface area (Å²) in [4.78, 5) is 28.5. The van der Waals surface area contributed by atoms with Gasteiger partial charge < -0.3 is 15.0 Å². The Balaban J connectivity index is 2.10. The third kappa shape index (κ3) is 7.38. The number of methoxy groups -OCH3 is 1. The molecule has 0 spiro atoms. The highest BCUT2D eigenvalue weighted by molar-refractivity contribution is 7.92. The van der Waals surface area contributed by atoms with Crippen molar-refractivity contribution in [2.45, 2.75) is 51.1 Å². The van der Waals surface area contributed by atoms with Crippen molar-refractivity contribution in [1.29, 1.82) is 0 Å². The van der Waals surface area contributed by atoms with Crippen molar-refractivity contribution in [2.75, 3.05) is 24.5 Å². The van der Waals surface area contributed by atoms with Gasteiger partial charge in [-0.2, -0.15) is 0 Å². The number of carbonyl (C=O) groups excluding carboxylic acids is 2. The Bertz CT molecular complexity index is 1400. The average molecular weight is 570 g/mol. The van der Waals surface area contributed by atoms with E-state index in [4.69, 9.17) is 4.74 Å². The van der Waals surface area contributed by atoms with E-state index >= 15 is 0 Å². The molecule has 0 heterocycles. The molecule has 2 amide bonds. The van der Waals surface area contributed by atoms with Gasteiger partial charge in [0, 0.05) is 13.1 Å². The van der Waals surface area contributed by atoms with Crippen LogP contribution in [0.4, 0.5) is 10.1 Å². The fourth-order valence-electron chi connectivity index (χ4n) is 4.30. The minimum absolute atomic E-state index is 0.00386. The number of nitrogens with zero attached hydrogens (tertiary/aromatic N) is 2. The van der Waals surface area contributed by atoms with Crippen LogP contribution in [0.15, 0.2) is 77.7 Å². The van der Waals surface area contributed by atoms with Gasteiger partial charge in [-0.15, -0.1) is 0 Å². The highest BCUT2D eigenvalue weighted by Crippen LogP contribution is 2.33. The Morgan fingerprint density at radius 1 is 1.00 bits per heavy atom. The maximum absolute atomic E-state index is 14.1. The van der Waals surface area contributed by atoms with Crippen LogP contribution in [0, 0.1) is 12.7 Å². The first-order chi connectivity index (χ1) is 19.1. The van der Waals surface area contributed by atoms with E-state index in [2.05, 4.69) is 5.32 Å². The first-order valence-corrected chi connectivity index (χ1v) is 14.6. The fourth-order valence-corrected chi connectivity index (χ4v) is 5.74. The monoisotopic (exact) mass is 569 g/mol. The van der Waals surface area contributed by atoms with Gasteiger partial charge in [0.1, 0.15) is 24.2 Å². The molecule has 0 aliphatic rings. The van der Waals surface area contributed by atoms with E-state index in [1.54, 1.807) is 43.3 Å². The van der Waals surface area contributed by atoms with E-state index in [1.807, 2.05) is 13.8 Å². The average Bonchev–Trinajstić information content (AvgIpc) is 2.95. The minimum Gasteiger partial charge on any atom is -0.495 e. The summed E-state index contributed by atoms with van der Waals surface area (Å²) in [7, 11) is -2.80. The number of rotatable bonds is 13. The van der Waals surface area contributed by atoms with E-state index in [0.717, 1.165) is 9.87 Å². The van der Waals surface area contributed by atoms with E-state index in [-0.39, 0.29) is 28.8 Å². The number of nitrogens with one attached hydrogen (secondary N) is 1. The molecule has 0 radical (unpaired) electrons. The second kappa shape index (κ2) is 13.9. The Hall–Kier alpha value is -3.92. The van der Waals surface area contributed by atoms with Gasteiger partial charge in [-0.1, -0.05) is 50.2 Å². The molecular weight excluding hydrogens is 533 g/mol. The summed E-state index contributed by atoms with van der Waals surface area (Å²) < 4.78 is 48.0. The molecule has 40 heavy (non-hydrogen) atoms. The van der Waals surface area contributed by atoms with Crippen molar-refractivity contribution in [3.8, 4) is 5.75 Å². The highest BCUT2D eigenvalue weighted by Gasteiger charge is 2.34. The maximum Gasteiger partial charge on any atom is 0.264 e. The van der Waals surface area contributed by atoms with E-state index in [0.29, 0.717) is 24.9 Å². The predicted molar refractivity (Wildman–Crippen MR) is 153 cm³/mol. The number of halogens is 1. The number of hydrogen-bond donors (Lipinski definition) is 1. The Morgan fingerprint density at radius 2 is 1.68 bits per heavy atom. The van der Waals surface area contributed by atoms with Crippen LogP contribution in [-0.4, -0.2) is 51.4 Å². The van der Waals surface area contributed by atoms with Gasteiger partial charge in [-0.05, 0) is 67.3 Å². The molecular formula is C30H36FN3O5S. The second-order valence-corrected chi connectivity index (χ2v) is 11.2. The fraction of sp³-hybridized carbons (Fsp3) is 0.333. The van der Waals surface area contributed by atoms with Crippen LogP contribution in [0.3, 0.4) is 0 Å². The van der Waals surface area contributed by atoms with E-state index < -0.39 is 34.3 Å². The van der Waals surface area contributed by atoms with Crippen LogP contribution < -0.4 is 14.4 Å². The summed E-state index contributed by atoms with van der Waals surface area (Å²) in [5, 5.41) is 2.84. The molecule has 3 rings (SSSR count). The van der Waals surface area contributed by atoms with Crippen molar-refractivity contribution in [2.24, 2.45) is 0 Å². The lowest BCUT2D eigenvalue weighted by Gasteiger charge is -2.33. The SMILES string of the molecule is CCCNC(=O)[C@@H](CC)N(Cc1ccc(F)cc1)C(=O)CN(c1cc(C)ccc1OC)S(=O)(=O)c1ccccc1. The smallest absolute Gasteiger partial charge is 0.264 e. The van der Waals surface area contributed by atoms with E-state index in [1.165, 1.54) is 48.4 Å². The van der Waals surface area contributed by atoms with Crippen LogP contribution in [0.1, 0.15) is 37.8 Å². The summed E-state index contributed by atoms with van der Waals surface area (Å²) in [6.07, 6.45) is 1.01. The molecule has 0 bridgehead atoms. The molecule has 214 valence electrons.